The molecule has 0 unspecified atom stereocenters. The van der Waals surface area contributed by atoms with Crippen molar-refractivity contribution < 1.29 is 0 Å². The molecule has 1 aromatic heterocycles. The molecule has 0 amide bonds. The summed E-state index contributed by atoms with van der Waals surface area (Å²) in [6, 6.07) is 19.0. The Morgan fingerprint density at radius 2 is 1.85 bits per heavy atom. The maximum Gasteiger partial charge on any atom is 0.216 e. The molecule has 0 aliphatic heterocycles. The van der Waals surface area contributed by atoms with Crippen LogP contribution in [0.4, 0.5) is 5.69 Å². The van der Waals surface area contributed by atoms with Crippen LogP contribution >= 0.6 is 12.2 Å². The van der Waals surface area contributed by atoms with Crippen LogP contribution in [0, 0.1) is 4.77 Å². The van der Waals surface area contributed by atoms with E-state index in [0.29, 0.717) is 4.77 Å². The molecule has 27 heavy (non-hydrogen) atoms. The number of aromatic nitrogens is 3. The highest BCUT2D eigenvalue weighted by Gasteiger charge is 2.06. The number of nitrogens with one attached hydrogen (secondary N) is 1. The van der Waals surface area contributed by atoms with Crippen LogP contribution in [0.2, 0.25) is 0 Å². The maximum atomic E-state index is 5.26. The Morgan fingerprint density at radius 1 is 1.11 bits per heavy atom. The van der Waals surface area contributed by atoms with Crippen LogP contribution < -0.4 is 4.90 Å². The van der Waals surface area contributed by atoms with Gasteiger partial charge in [-0.15, -0.1) is 0 Å². The van der Waals surface area contributed by atoms with Crippen molar-refractivity contribution in [2.24, 2.45) is 5.10 Å². The van der Waals surface area contributed by atoms with Gasteiger partial charge in [-0.1, -0.05) is 49.4 Å². The predicted octanol–water partition coefficient (Wildman–Crippen LogP) is 4.80. The highest BCUT2D eigenvalue weighted by atomic mass is 32.1. The van der Waals surface area contributed by atoms with Gasteiger partial charge in [0.15, 0.2) is 5.82 Å². The van der Waals surface area contributed by atoms with Crippen LogP contribution in [0.5, 0.6) is 0 Å². The minimum atomic E-state index is 0.520. The number of aryl methyl sites for hydroxylation is 1. The topological polar surface area (TPSA) is 49.2 Å². The molecule has 0 radical (unpaired) electrons. The van der Waals surface area contributed by atoms with Gasteiger partial charge in [-0.25, -0.2) is 0 Å². The summed E-state index contributed by atoms with van der Waals surface area (Å²) in [6.07, 6.45) is 3.66. The summed E-state index contributed by atoms with van der Waals surface area (Å²) in [5.74, 6) is 0.857. The number of nitrogens with zero attached hydrogens (tertiary/aromatic N) is 4. The normalized spacial score (nSPS) is 11.2. The van der Waals surface area contributed by atoms with Crippen molar-refractivity contribution >= 4 is 24.1 Å². The molecular weight excluding hydrogens is 354 g/mol. The molecule has 0 spiro atoms. The third-order valence-electron chi connectivity index (χ3n) is 4.37. The van der Waals surface area contributed by atoms with E-state index in [9.17, 15) is 0 Å². The van der Waals surface area contributed by atoms with Crippen molar-refractivity contribution in [1.82, 2.24) is 14.9 Å². The molecule has 0 atom stereocenters. The average Bonchev–Trinajstić information content (AvgIpc) is 3.05. The second-order valence-corrected chi connectivity index (χ2v) is 6.73. The van der Waals surface area contributed by atoms with E-state index < -0.39 is 0 Å². The Bertz CT molecular complexity index is 925. The largest absolute Gasteiger partial charge is 0.367 e. The predicted molar refractivity (Wildman–Crippen MR) is 114 cm³/mol. The Balaban J connectivity index is 1.73. The van der Waals surface area contributed by atoms with Gasteiger partial charge in [-0.3, -0.25) is 5.10 Å². The van der Waals surface area contributed by atoms with Gasteiger partial charge in [0.2, 0.25) is 4.77 Å². The van der Waals surface area contributed by atoms with Crippen LogP contribution in [0.1, 0.15) is 37.2 Å². The summed E-state index contributed by atoms with van der Waals surface area (Å²) in [7, 11) is 0. The number of H-pyrrole nitrogens is 1. The summed E-state index contributed by atoms with van der Waals surface area (Å²) in [5.41, 5.74) is 3.54. The van der Waals surface area contributed by atoms with Gasteiger partial charge in [-0.05, 0) is 48.8 Å². The lowest BCUT2D eigenvalue weighted by Crippen LogP contribution is -2.21. The maximum absolute atomic E-state index is 5.26. The lowest BCUT2D eigenvalue weighted by molar-refractivity contribution is 0.740. The van der Waals surface area contributed by atoms with Crippen LogP contribution in [-0.4, -0.2) is 27.6 Å². The lowest BCUT2D eigenvalue weighted by Gasteiger charge is -2.23. The van der Waals surface area contributed by atoms with Crippen molar-refractivity contribution in [3.05, 3.63) is 76.3 Å². The molecule has 3 rings (SSSR count). The Hall–Kier alpha value is -2.73. The van der Waals surface area contributed by atoms with Crippen molar-refractivity contribution in [3.63, 3.8) is 0 Å². The van der Waals surface area contributed by atoms with Gasteiger partial charge >= 0.3 is 0 Å². The number of anilines is 1. The van der Waals surface area contributed by atoms with Crippen molar-refractivity contribution in [1.29, 1.82) is 0 Å². The molecule has 3 aromatic rings. The number of hydrogen-bond donors (Lipinski definition) is 1. The molecule has 1 N–H and O–H groups in total. The molecule has 0 saturated carbocycles. The van der Waals surface area contributed by atoms with E-state index in [0.717, 1.165) is 37.3 Å². The van der Waals surface area contributed by atoms with E-state index in [1.807, 2.05) is 12.3 Å². The molecule has 140 valence electrons. The van der Waals surface area contributed by atoms with Crippen molar-refractivity contribution in [3.8, 4) is 0 Å². The van der Waals surface area contributed by atoms with Crippen molar-refractivity contribution in [2.45, 2.75) is 33.2 Å². The quantitative estimate of drug-likeness (QED) is 0.452. The monoisotopic (exact) mass is 379 g/mol. The molecule has 0 aliphatic rings. The molecule has 0 aliphatic carbocycles. The fraction of sp³-hybridized carbons (Fsp3) is 0.286. The van der Waals surface area contributed by atoms with E-state index in [2.05, 4.69) is 82.6 Å². The summed E-state index contributed by atoms with van der Waals surface area (Å²) in [6.45, 7) is 6.13. The van der Waals surface area contributed by atoms with E-state index in [1.54, 1.807) is 4.68 Å². The lowest BCUT2D eigenvalue weighted by atomic mass is 10.1. The minimum absolute atomic E-state index is 0.520. The number of hydrogen-bond acceptors (Lipinski definition) is 4. The van der Waals surface area contributed by atoms with Gasteiger partial charge in [0, 0.05) is 25.2 Å². The zero-order valence-electron chi connectivity index (χ0n) is 15.8. The van der Waals surface area contributed by atoms with E-state index >= 15 is 0 Å². The average molecular weight is 380 g/mol. The van der Waals surface area contributed by atoms with E-state index in [-0.39, 0.29) is 0 Å². The van der Waals surface area contributed by atoms with Crippen LogP contribution in [0.15, 0.2) is 59.7 Å². The number of benzene rings is 2. The minimum Gasteiger partial charge on any atom is -0.367 e. The standard InChI is InChI=1S/C21H25N5S/c1-3-8-20-23-24-21(27)26(20)22-15-17-11-13-19(14-12-17)25(4-2)16-18-9-6-5-7-10-18/h5-7,9-15H,3-4,8,16H2,1-2H3,(H,24,27)/b22-15-. The molecule has 0 saturated heterocycles. The first kappa shape index (κ1) is 19.0. The molecule has 5 nitrogen and oxygen atoms in total. The van der Waals surface area contributed by atoms with Crippen LogP contribution in [0.25, 0.3) is 0 Å². The van der Waals surface area contributed by atoms with Gasteiger partial charge < -0.3 is 4.90 Å². The Labute approximate surface area is 165 Å². The molecule has 2 aromatic carbocycles. The van der Waals surface area contributed by atoms with Gasteiger partial charge in [0.1, 0.15) is 0 Å². The Kier molecular flexibility index (Phi) is 6.54. The van der Waals surface area contributed by atoms with E-state index in [4.69, 9.17) is 12.2 Å². The zero-order chi connectivity index (χ0) is 19.1. The molecule has 6 heteroatoms. The second-order valence-electron chi connectivity index (χ2n) is 6.34. The van der Waals surface area contributed by atoms with Crippen LogP contribution in [0.3, 0.4) is 0 Å². The number of rotatable bonds is 8. The summed E-state index contributed by atoms with van der Waals surface area (Å²) >= 11 is 5.26. The smallest absolute Gasteiger partial charge is 0.216 e. The summed E-state index contributed by atoms with van der Waals surface area (Å²) < 4.78 is 2.21. The summed E-state index contributed by atoms with van der Waals surface area (Å²) in [4.78, 5) is 2.35. The number of aromatic amines is 1. The SMILES string of the molecule is CCCc1n[nH]c(=S)n1/N=C\c1ccc(N(CC)Cc2ccccc2)cc1. The van der Waals surface area contributed by atoms with Crippen LogP contribution in [-0.2, 0) is 13.0 Å². The highest BCUT2D eigenvalue weighted by Crippen LogP contribution is 2.17. The van der Waals surface area contributed by atoms with Gasteiger partial charge in [0.25, 0.3) is 0 Å². The molecule has 1 heterocycles. The van der Waals surface area contributed by atoms with E-state index in [1.165, 1.54) is 11.3 Å². The second kappa shape index (κ2) is 9.28. The zero-order valence-corrected chi connectivity index (χ0v) is 16.6. The van der Waals surface area contributed by atoms with Gasteiger partial charge in [-0.2, -0.15) is 14.9 Å². The first-order valence-electron chi connectivity index (χ1n) is 9.30. The third kappa shape index (κ3) is 4.92. The fourth-order valence-electron chi connectivity index (χ4n) is 2.91. The Morgan fingerprint density at radius 3 is 2.52 bits per heavy atom. The fourth-order valence-corrected chi connectivity index (χ4v) is 3.11. The highest BCUT2D eigenvalue weighted by molar-refractivity contribution is 7.71. The first-order valence-corrected chi connectivity index (χ1v) is 9.71. The third-order valence-corrected chi connectivity index (χ3v) is 4.63. The van der Waals surface area contributed by atoms with Gasteiger partial charge in [0.05, 0.1) is 6.21 Å². The molecular formula is C21H25N5S. The van der Waals surface area contributed by atoms with Crippen molar-refractivity contribution in [2.75, 3.05) is 11.4 Å². The molecule has 0 bridgehead atoms. The molecule has 0 fully saturated rings. The summed E-state index contributed by atoms with van der Waals surface area (Å²) in [5, 5.41) is 11.5. The first-order chi connectivity index (χ1) is 13.2.